The molecule has 0 amide bonds. The molecule has 132 valence electrons. The van der Waals surface area contributed by atoms with Gasteiger partial charge in [0.25, 0.3) is 0 Å². The summed E-state index contributed by atoms with van der Waals surface area (Å²) >= 11 is 0. The van der Waals surface area contributed by atoms with Crippen LogP contribution >= 0.6 is 0 Å². The number of rotatable bonds is 0. The molecule has 0 N–H and O–H groups in total. The molecule has 0 aromatic heterocycles. The molecule has 1 spiro atoms. The molecular weight excluding hydrogens is 300 g/mol. The third-order valence-electron chi connectivity index (χ3n) is 6.80. The minimum atomic E-state index is -0.161. The molecule has 3 fully saturated rings. The van der Waals surface area contributed by atoms with Crippen LogP contribution in [0.25, 0.3) is 0 Å². The van der Waals surface area contributed by atoms with Crippen molar-refractivity contribution >= 4 is 5.97 Å². The maximum atomic E-state index is 12.4. The van der Waals surface area contributed by atoms with Crippen LogP contribution in [0.3, 0.4) is 0 Å². The maximum Gasteiger partial charge on any atom is 0.312 e. The van der Waals surface area contributed by atoms with Crippen molar-refractivity contribution in [2.24, 2.45) is 11.3 Å². The summed E-state index contributed by atoms with van der Waals surface area (Å²) < 4.78 is 11.9. The SMILES string of the molecule is C/C1=C\CC[C@@]2(C)O[C@H]2C[C@@H]2[C@H](C/C(C)=C/CC1)OC(=O)C21CC1. The molecule has 2 aliphatic carbocycles. The van der Waals surface area contributed by atoms with Crippen LogP contribution in [0.5, 0.6) is 0 Å². The summed E-state index contributed by atoms with van der Waals surface area (Å²) in [5.41, 5.74) is 2.68. The number of epoxide rings is 1. The van der Waals surface area contributed by atoms with Gasteiger partial charge in [0.15, 0.2) is 0 Å². The quantitative estimate of drug-likeness (QED) is 0.367. The van der Waals surface area contributed by atoms with Gasteiger partial charge < -0.3 is 9.47 Å². The lowest BCUT2D eigenvalue weighted by molar-refractivity contribution is -0.145. The Morgan fingerprint density at radius 2 is 1.83 bits per heavy atom. The second-order valence-corrected chi connectivity index (χ2v) is 8.74. The van der Waals surface area contributed by atoms with Gasteiger partial charge in [-0.25, -0.2) is 0 Å². The Balaban J connectivity index is 1.56. The number of fused-ring (bicyclic) bond motifs is 3. The van der Waals surface area contributed by atoms with Crippen molar-refractivity contribution in [1.29, 1.82) is 0 Å². The van der Waals surface area contributed by atoms with Crippen molar-refractivity contribution in [2.75, 3.05) is 0 Å². The predicted molar refractivity (Wildman–Crippen MR) is 93.5 cm³/mol. The maximum absolute atomic E-state index is 12.4. The summed E-state index contributed by atoms with van der Waals surface area (Å²) in [5.74, 6) is 0.412. The number of carbonyl (C=O) groups excluding carboxylic acids is 1. The van der Waals surface area contributed by atoms with E-state index in [9.17, 15) is 4.79 Å². The molecule has 0 unspecified atom stereocenters. The van der Waals surface area contributed by atoms with Gasteiger partial charge in [-0.1, -0.05) is 23.3 Å². The third kappa shape index (κ3) is 2.85. The molecule has 0 radical (unpaired) electrons. The largest absolute Gasteiger partial charge is 0.461 e. The van der Waals surface area contributed by atoms with E-state index in [1.165, 1.54) is 11.1 Å². The van der Waals surface area contributed by atoms with Crippen molar-refractivity contribution in [1.82, 2.24) is 0 Å². The minimum absolute atomic E-state index is 0.0120. The second-order valence-electron chi connectivity index (χ2n) is 8.74. The highest BCUT2D eigenvalue weighted by Gasteiger charge is 2.66. The molecule has 0 bridgehead atoms. The Labute approximate surface area is 145 Å². The monoisotopic (exact) mass is 330 g/mol. The number of carbonyl (C=O) groups is 1. The van der Waals surface area contributed by atoms with E-state index >= 15 is 0 Å². The van der Waals surface area contributed by atoms with E-state index in [0.29, 0.717) is 12.0 Å². The second kappa shape index (κ2) is 5.72. The van der Waals surface area contributed by atoms with Crippen LogP contribution in [-0.4, -0.2) is 23.8 Å². The predicted octanol–water partition coefficient (Wildman–Crippen LogP) is 4.71. The molecular formula is C21H30O3. The van der Waals surface area contributed by atoms with Gasteiger partial charge in [0, 0.05) is 12.3 Å². The zero-order chi connectivity index (χ0) is 16.9. The fourth-order valence-corrected chi connectivity index (χ4v) is 4.81. The van der Waals surface area contributed by atoms with Crippen LogP contribution in [0.1, 0.15) is 72.1 Å². The lowest BCUT2D eigenvalue weighted by Gasteiger charge is -2.21. The van der Waals surface area contributed by atoms with E-state index in [2.05, 4.69) is 32.9 Å². The highest BCUT2D eigenvalue weighted by atomic mass is 16.6. The van der Waals surface area contributed by atoms with Gasteiger partial charge >= 0.3 is 5.97 Å². The Kier molecular flexibility index (Phi) is 3.91. The number of ether oxygens (including phenoxy) is 2. The first-order valence-corrected chi connectivity index (χ1v) is 9.63. The van der Waals surface area contributed by atoms with Crippen LogP contribution in [0.4, 0.5) is 0 Å². The molecule has 0 aromatic rings. The van der Waals surface area contributed by atoms with Crippen molar-refractivity contribution in [3.05, 3.63) is 23.3 Å². The number of esters is 1. The molecule has 0 aromatic carbocycles. The van der Waals surface area contributed by atoms with Gasteiger partial charge in [0.05, 0.1) is 17.1 Å². The van der Waals surface area contributed by atoms with Crippen LogP contribution in [0.15, 0.2) is 23.3 Å². The average Bonchev–Trinajstić information content (AvgIpc) is 3.39. The molecule has 4 atom stereocenters. The zero-order valence-electron chi connectivity index (χ0n) is 15.3. The normalized spacial score (nSPS) is 45.8. The van der Waals surface area contributed by atoms with E-state index < -0.39 is 0 Å². The number of hydrogen-bond donors (Lipinski definition) is 0. The zero-order valence-corrected chi connectivity index (χ0v) is 15.3. The standard InChI is InChI=1S/C21H30O3/c1-14-6-4-7-15(2)12-17-16(21(10-11-21)19(22)23-17)13-18-20(3,24-18)9-5-8-14/h7-8,16-18H,4-6,9-13H2,1-3H3/b14-8+,15-7+/t16-,17+,18+,20-/m1/s1. The van der Waals surface area contributed by atoms with E-state index in [4.69, 9.17) is 9.47 Å². The van der Waals surface area contributed by atoms with Gasteiger partial charge in [-0.2, -0.15) is 0 Å². The molecule has 1 saturated carbocycles. The lowest BCUT2D eigenvalue weighted by Crippen LogP contribution is -2.26. The fourth-order valence-electron chi connectivity index (χ4n) is 4.81. The first-order chi connectivity index (χ1) is 11.4. The summed E-state index contributed by atoms with van der Waals surface area (Å²) in [6.45, 7) is 6.66. The molecule has 2 aliphatic heterocycles. The summed E-state index contributed by atoms with van der Waals surface area (Å²) in [4.78, 5) is 12.4. The van der Waals surface area contributed by atoms with Crippen LogP contribution in [-0.2, 0) is 14.3 Å². The van der Waals surface area contributed by atoms with E-state index in [1.807, 2.05) is 0 Å². The van der Waals surface area contributed by atoms with Gasteiger partial charge in [-0.3, -0.25) is 4.79 Å². The van der Waals surface area contributed by atoms with Crippen molar-refractivity contribution in [2.45, 2.75) is 89.9 Å². The summed E-state index contributed by atoms with van der Waals surface area (Å²) in [5, 5.41) is 0. The summed E-state index contributed by atoms with van der Waals surface area (Å²) in [6.07, 6.45) is 13.4. The number of allylic oxidation sites excluding steroid dienone is 3. The Morgan fingerprint density at radius 3 is 2.58 bits per heavy atom. The van der Waals surface area contributed by atoms with Gasteiger partial charge in [0.2, 0.25) is 0 Å². The van der Waals surface area contributed by atoms with Crippen molar-refractivity contribution in [3.8, 4) is 0 Å². The number of hydrogen-bond acceptors (Lipinski definition) is 3. The molecule has 3 nitrogen and oxygen atoms in total. The minimum Gasteiger partial charge on any atom is -0.461 e. The van der Waals surface area contributed by atoms with Gasteiger partial charge in [0.1, 0.15) is 6.10 Å². The van der Waals surface area contributed by atoms with Crippen LogP contribution in [0.2, 0.25) is 0 Å². The summed E-state index contributed by atoms with van der Waals surface area (Å²) in [6, 6.07) is 0. The third-order valence-corrected chi connectivity index (χ3v) is 6.80. The summed E-state index contributed by atoms with van der Waals surface area (Å²) in [7, 11) is 0. The molecule has 24 heavy (non-hydrogen) atoms. The lowest BCUT2D eigenvalue weighted by atomic mass is 9.79. The molecule has 4 aliphatic rings. The Bertz CT molecular complexity index is 598. The van der Waals surface area contributed by atoms with Crippen molar-refractivity contribution < 1.29 is 14.3 Å². The average molecular weight is 330 g/mol. The highest BCUT2D eigenvalue weighted by molar-refractivity contribution is 5.82. The van der Waals surface area contributed by atoms with Crippen LogP contribution in [0, 0.1) is 11.3 Å². The molecule has 2 saturated heterocycles. The topological polar surface area (TPSA) is 38.8 Å². The van der Waals surface area contributed by atoms with E-state index in [-0.39, 0.29) is 23.1 Å². The first kappa shape index (κ1) is 16.4. The van der Waals surface area contributed by atoms with Gasteiger partial charge in [-0.05, 0) is 65.7 Å². The van der Waals surface area contributed by atoms with Crippen LogP contribution < -0.4 is 0 Å². The first-order valence-electron chi connectivity index (χ1n) is 9.63. The molecule has 3 heteroatoms. The van der Waals surface area contributed by atoms with Crippen molar-refractivity contribution in [3.63, 3.8) is 0 Å². The smallest absolute Gasteiger partial charge is 0.312 e. The molecule has 2 heterocycles. The fraction of sp³-hybridized carbons (Fsp3) is 0.762. The Hall–Kier alpha value is -1.09. The van der Waals surface area contributed by atoms with E-state index in [0.717, 1.165) is 51.4 Å². The highest BCUT2D eigenvalue weighted by Crippen LogP contribution is 2.62. The van der Waals surface area contributed by atoms with E-state index in [1.54, 1.807) is 0 Å². The Morgan fingerprint density at radius 1 is 1.08 bits per heavy atom. The van der Waals surface area contributed by atoms with Gasteiger partial charge in [-0.15, -0.1) is 0 Å². The molecule has 4 rings (SSSR count).